The lowest BCUT2D eigenvalue weighted by atomic mass is 10.1. The number of carbonyl (C=O) groups excluding carboxylic acids is 2. The number of hydrogen-bond donors (Lipinski definition) is 3. The van der Waals surface area contributed by atoms with Gasteiger partial charge in [-0.25, -0.2) is 9.78 Å². The van der Waals surface area contributed by atoms with Crippen LogP contribution in [0.25, 0.3) is 10.4 Å². The molecule has 1 aliphatic rings. The van der Waals surface area contributed by atoms with Crippen LogP contribution in [0.2, 0.25) is 0 Å². The van der Waals surface area contributed by atoms with Crippen LogP contribution in [0.15, 0.2) is 54.7 Å². The fraction of sp³-hybridized carbons (Fsp3) is 0.280. The van der Waals surface area contributed by atoms with Crippen molar-refractivity contribution in [3.8, 4) is 10.4 Å². The van der Waals surface area contributed by atoms with Gasteiger partial charge in [0.25, 0.3) is 5.91 Å². The molecular weight excluding hydrogens is 438 g/mol. The molecule has 2 aromatic carbocycles. The van der Waals surface area contributed by atoms with Crippen LogP contribution in [0.3, 0.4) is 0 Å². The predicted molar refractivity (Wildman–Crippen MR) is 127 cm³/mol. The first-order chi connectivity index (χ1) is 15.8. The zero-order chi connectivity index (χ0) is 23.5. The van der Waals surface area contributed by atoms with Gasteiger partial charge >= 0.3 is 5.97 Å². The molecule has 0 saturated carbocycles. The smallest absolute Gasteiger partial charge is 0.326 e. The second kappa shape index (κ2) is 9.54. The average molecular weight is 464 g/mol. The molecule has 1 unspecified atom stereocenters. The Hall–Kier alpha value is -3.52. The van der Waals surface area contributed by atoms with Gasteiger partial charge in [0, 0.05) is 17.8 Å². The van der Waals surface area contributed by atoms with Crippen LogP contribution in [0.5, 0.6) is 0 Å². The number of nitrogens with zero attached hydrogens (tertiary/aromatic N) is 1. The van der Waals surface area contributed by atoms with Gasteiger partial charge < -0.3 is 15.7 Å². The Morgan fingerprint density at radius 3 is 2.24 bits per heavy atom. The summed E-state index contributed by atoms with van der Waals surface area (Å²) in [5.74, 6) is -1.88. The third kappa shape index (κ3) is 5.12. The van der Waals surface area contributed by atoms with Crippen LogP contribution in [0.4, 0.5) is 5.69 Å². The molecule has 0 radical (unpaired) electrons. The molecule has 1 heterocycles. The van der Waals surface area contributed by atoms with Gasteiger partial charge in [0.05, 0.1) is 4.88 Å². The standard InChI is InChI=1S/C25H25N3O4S/c1-14(2)21(25(31)32)28-23(30)24-26-13-20(33-24)15-7-9-19(10-8-15)27-22(29)18-11-16-5-3-4-6-17(16)12-18/h3-10,13-14,18,21H,11-12H2,1-2H3,(H,27,29)(H,28,30)(H,31,32). The molecule has 7 nitrogen and oxygen atoms in total. The number of benzene rings is 2. The number of rotatable bonds is 7. The van der Waals surface area contributed by atoms with Crippen molar-refractivity contribution in [1.82, 2.24) is 10.3 Å². The lowest BCUT2D eigenvalue weighted by Gasteiger charge is -2.16. The number of anilines is 1. The van der Waals surface area contributed by atoms with E-state index in [1.165, 1.54) is 22.5 Å². The second-order valence-corrected chi connectivity index (χ2v) is 9.53. The quantitative estimate of drug-likeness (QED) is 0.491. The van der Waals surface area contributed by atoms with Crippen LogP contribution < -0.4 is 10.6 Å². The summed E-state index contributed by atoms with van der Waals surface area (Å²) in [6, 6.07) is 14.6. The minimum atomic E-state index is -1.07. The lowest BCUT2D eigenvalue weighted by Crippen LogP contribution is -2.44. The number of aliphatic carboxylic acids is 1. The summed E-state index contributed by atoms with van der Waals surface area (Å²) in [5.41, 5.74) is 4.04. The summed E-state index contributed by atoms with van der Waals surface area (Å²) in [6.07, 6.45) is 3.10. The monoisotopic (exact) mass is 463 g/mol. The van der Waals surface area contributed by atoms with Gasteiger partial charge in [0.15, 0.2) is 5.01 Å². The Kier molecular flexibility index (Phi) is 6.55. The number of hydrogen-bond acceptors (Lipinski definition) is 5. The van der Waals surface area contributed by atoms with E-state index in [0.29, 0.717) is 5.69 Å². The van der Waals surface area contributed by atoms with Gasteiger partial charge in [-0.3, -0.25) is 9.59 Å². The van der Waals surface area contributed by atoms with Gasteiger partial charge in [-0.2, -0.15) is 0 Å². The maximum Gasteiger partial charge on any atom is 0.326 e. The third-order valence-corrected chi connectivity index (χ3v) is 6.82. The highest BCUT2D eigenvalue weighted by Gasteiger charge is 2.27. The summed E-state index contributed by atoms with van der Waals surface area (Å²) in [4.78, 5) is 41.4. The van der Waals surface area contributed by atoms with Crippen molar-refractivity contribution >= 4 is 34.8 Å². The summed E-state index contributed by atoms with van der Waals surface area (Å²) < 4.78 is 0. The first-order valence-corrected chi connectivity index (χ1v) is 11.6. The zero-order valence-corrected chi connectivity index (χ0v) is 19.2. The van der Waals surface area contributed by atoms with E-state index in [1.807, 2.05) is 36.4 Å². The summed E-state index contributed by atoms with van der Waals surface area (Å²) >= 11 is 1.19. The SMILES string of the molecule is CC(C)C(NC(=O)c1ncc(-c2ccc(NC(=O)C3Cc4ccccc4C3)cc2)s1)C(=O)O. The predicted octanol–water partition coefficient (Wildman–Crippen LogP) is 4.00. The van der Waals surface area contributed by atoms with Crippen molar-refractivity contribution < 1.29 is 19.5 Å². The summed E-state index contributed by atoms with van der Waals surface area (Å²) in [6.45, 7) is 3.47. The average Bonchev–Trinajstić information content (AvgIpc) is 3.45. The van der Waals surface area contributed by atoms with Crippen LogP contribution in [-0.2, 0) is 22.4 Å². The van der Waals surface area contributed by atoms with Gasteiger partial charge in [-0.05, 0) is 47.6 Å². The van der Waals surface area contributed by atoms with E-state index in [-0.39, 0.29) is 22.8 Å². The summed E-state index contributed by atoms with van der Waals surface area (Å²) in [5, 5.41) is 15.0. The molecule has 4 rings (SSSR count). The van der Waals surface area contributed by atoms with E-state index >= 15 is 0 Å². The molecule has 1 aliphatic carbocycles. The van der Waals surface area contributed by atoms with E-state index < -0.39 is 17.9 Å². The number of amides is 2. The molecule has 1 atom stereocenters. The molecule has 2 amide bonds. The molecule has 0 aliphatic heterocycles. The van der Waals surface area contributed by atoms with E-state index in [9.17, 15) is 19.5 Å². The minimum absolute atomic E-state index is 0.00818. The van der Waals surface area contributed by atoms with Crippen molar-refractivity contribution in [2.75, 3.05) is 5.32 Å². The highest BCUT2D eigenvalue weighted by Crippen LogP contribution is 2.29. The topological polar surface area (TPSA) is 108 Å². The molecule has 33 heavy (non-hydrogen) atoms. The van der Waals surface area contributed by atoms with Crippen molar-refractivity contribution in [3.05, 3.63) is 70.9 Å². The van der Waals surface area contributed by atoms with Crippen molar-refractivity contribution in [3.63, 3.8) is 0 Å². The highest BCUT2D eigenvalue weighted by molar-refractivity contribution is 7.17. The molecule has 3 N–H and O–H groups in total. The van der Waals surface area contributed by atoms with Crippen LogP contribution in [0.1, 0.15) is 34.8 Å². The van der Waals surface area contributed by atoms with Crippen molar-refractivity contribution in [1.29, 1.82) is 0 Å². The Labute approximate surface area is 195 Å². The van der Waals surface area contributed by atoms with E-state index in [2.05, 4.69) is 27.8 Å². The molecule has 0 spiro atoms. The van der Waals surface area contributed by atoms with Crippen molar-refractivity contribution in [2.45, 2.75) is 32.7 Å². The number of nitrogens with one attached hydrogen (secondary N) is 2. The molecule has 8 heteroatoms. The normalized spacial score (nSPS) is 14.0. The third-order valence-electron chi connectivity index (χ3n) is 5.78. The van der Waals surface area contributed by atoms with Crippen LogP contribution in [-0.4, -0.2) is 33.9 Å². The summed E-state index contributed by atoms with van der Waals surface area (Å²) in [7, 11) is 0. The van der Waals surface area contributed by atoms with Gasteiger partial charge in [-0.15, -0.1) is 11.3 Å². The van der Waals surface area contributed by atoms with Gasteiger partial charge in [0.2, 0.25) is 5.91 Å². The lowest BCUT2D eigenvalue weighted by molar-refractivity contribution is -0.140. The number of thiazole rings is 1. The van der Waals surface area contributed by atoms with Gasteiger partial charge in [0.1, 0.15) is 6.04 Å². The highest BCUT2D eigenvalue weighted by atomic mass is 32.1. The largest absolute Gasteiger partial charge is 0.480 e. The number of carboxylic acids is 1. The fourth-order valence-corrected chi connectivity index (χ4v) is 4.76. The maximum absolute atomic E-state index is 12.7. The van der Waals surface area contributed by atoms with Crippen LogP contribution in [0, 0.1) is 11.8 Å². The zero-order valence-electron chi connectivity index (χ0n) is 18.4. The first-order valence-electron chi connectivity index (χ1n) is 10.8. The molecule has 3 aromatic rings. The molecule has 170 valence electrons. The first kappa shape index (κ1) is 22.7. The van der Waals surface area contributed by atoms with Gasteiger partial charge in [-0.1, -0.05) is 50.2 Å². The number of carboxylic acid groups (broad SMARTS) is 1. The van der Waals surface area contributed by atoms with E-state index in [4.69, 9.17) is 0 Å². The Morgan fingerprint density at radius 2 is 1.67 bits per heavy atom. The number of carbonyl (C=O) groups is 3. The second-order valence-electron chi connectivity index (χ2n) is 8.50. The molecular formula is C25H25N3O4S. The van der Waals surface area contributed by atoms with E-state index in [0.717, 1.165) is 23.3 Å². The molecule has 0 bridgehead atoms. The molecule has 1 aromatic heterocycles. The molecule has 0 saturated heterocycles. The van der Waals surface area contributed by atoms with Crippen LogP contribution >= 0.6 is 11.3 Å². The van der Waals surface area contributed by atoms with E-state index in [1.54, 1.807) is 20.0 Å². The minimum Gasteiger partial charge on any atom is -0.480 e. The number of fused-ring (bicyclic) bond motifs is 1. The molecule has 0 fully saturated rings. The fourth-order valence-electron chi connectivity index (χ4n) is 3.94. The maximum atomic E-state index is 12.7. The Bertz CT molecular complexity index is 1160. The Balaban J connectivity index is 1.38. The van der Waals surface area contributed by atoms with Crippen molar-refractivity contribution in [2.24, 2.45) is 11.8 Å². The number of aromatic nitrogens is 1. The Morgan fingerprint density at radius 1 is 1.03 bits per heavy atom.